The van der Waals surface area contributed by atoms with Crippen LogP contribution in [0.4, 0.5) is 5.82 Å². The zero-order chi connectivity index (χ0) is 25.1. The number of pyridine rings is 1. The van der Waals surface area contributed by atoms with Crippen molar-refractivity contribution < 1.29 is 9.53 Å². The molecule has 8 heteroatoms. The predicted octanol–water partition coefficient (Wildman–Crippen LogP) is 4.81. The highest BCUT2D eigenvalue weighted by Gasteiger charge is 2.50. The van der Waals surface area contributed by atoms with Crippen molar-refractivity contribution >= 4 is 17.7 Å². The largest absolute Gasteiger partial charge is 0.474 e. The van der Waals surface area contributed by atoms with Crippen molar-refractivity contribution in [3.05, 3.63) is 59.3 Å². The number of benzene rings is 1. The first kappa shape index (κ1) is 22.5. The molecule has 37 heavy (non-hydrogen) atoms. The SMILES string of the molecule is Cc1cccc(-c2ccc(Cn3nc4c(c3OC3CCCC3)C(=O)N(C)C3=N[C@@H]5CCC[C@@H]5N34)cc2)n1. The zero-order valence-corrected chi connectivity index (χ0v) is 21.4. The van der Waals surface area contributed by atoms with E-state index < -0.39 is 0 Å². The number of carbonyl (C=O) groups is 1. The molecule has 2 aromatic heterocycles. The Morgan fingerprint density at radius 3 is 2.59 bits per heavy atom. The number of fused-ring (bicyclic) bond motifs is 5. The van der Waals surface area contributed by atoms with Crippen molar-refractivity contribution in [1.82, 2.24) is 19.7 Å². The van der Waals surface area contributed by atoms with E-state index in [1.807, 2.05) is 36.9 Å². The lowest BCUT2D eigenvalue weighted by atomic mass is 10.1. The molecule has 0 unspecified atom stereocenters. The van der Waals surface area contributed by atoms with Crippen LogP contribution in [-0.4, -0.2) is 56.8 Å². The number of amides is 1. The Bertz CT molecular complexity index is 1390. The smallest absolute Gasteiger partial charge is 0.269 e. The maximum atomic E-state index is 13.6. The number of nitrogens with zero attached hydrogens (tertiary/aromatic N) is 6. The molecule has 0 spiro atoms. The van der Waals surface area contributed by atoms with Crippen LogP contribution < -0.4 is 9.64 Å². The minimum atomic E-state index is -0.0786. The highest BCUT2D eigenvalue weighted by atomic mass is 16.5. The molecule has 1 aromatic carbocycles. The van der Waals surface area contributed by atoms with E-state index >= 15 is 0 Å². The quantitative estimate of drug-likeness (QED) is 0.507. The summed E-state index contributed by atoms with van der Waals surface area (Å²) in [6, 6.07) is 15.0. The second-order valence-corrected chi connectivity index (χ2v) is 10.8. The molecule has 2 saturated carbocycles. The van der Waals surface area contributed by atoms with Gasteiger partial charge in [0.2, 0.25) is 11.8 Å². The van der Waals surface area contributed by atoms with Gasteiger partial charge in [0.25, 0.3) is 5.91 Å². The molecule has 0 N–H and O–H groups in total. The Morgan fingerprint density at radius 2 is 1.81 bits per heavy atom. The molecule has 8 nitrogen and oxygen atoms in total. The Labute approximate surface area is 217 Å². The summed E-state index contributed by atoms with van der Waals surface area (Å²) in [5, 5.41) is 5.05. The Morgan fingerprint density at radius 1 is 1.00 bits per heavy atom. The molecule has 0 saturated heterocycles. The molecule has 4 aliphatic rings. The van der Waals surface area contributed by atoms with Gasteiger partial charge in [-0.2, -0.15) is 5.10 Å². The van der Waals surface area contributed by atoms with E-state index in [9.17, 15) is 4.79 Å². The fourth-order valence-corrected chi connectivity index (χ4v) is 6.33. The summed E-state index contributed by atoms with van der Waals surface area (Å²) < 4.78 is 8.48. The molecule has 3 aromatic rings. The average Bonchev–Trinajstić information content (AvgIpc) is 3.68. The number of aromatic nitrogens is 3. The molecule has 0 radical (unpaired) electrons. The van der Waals surface area contributed by atoms with Crippen LogP contribution in [0.15, 0.2) is 47.5 Å². The van der Waals surface area contributed by atoms with Gasteiger partial charge in [0.05, 0.1) is 24.3 Å². The summed E-state index contributed by atoms with van der Waals surface area (Å²) in [5.74, 6) is 1.97. The molecular weight excluding hydrogens is 464 g/mol. The summed E-state index contributed by atoms with van der Waals surface area (Å²) in [7, 11) is 1.83. The molecule has 4 heterocycles. The predicted molar refractivity (Wildman–Crippen MR) is 142 cm³/mol. The van der Waals surface area contributed by atoms with E-state index in [0.29, 0.717) is 23.8 Å². The van der Waals surface area contributed by atoms with Crippen molar-refractivity contribution in [2.24, 2.45) is 4.99 Å². The Hall–Kier alpha value is -3.68. The van der Waals surface area contributed by atoms with Gasteiger partial charge in [0.15, 0.2) is 5.82 Å². The highest BCUT2D eigenvalue weighted by molar-refractivity contribution is 6.19. The molecule has 190 valence electrons. The van der Waals surface area contributed by atoms with Crippen LogP contribution in [0.2, 0.25) is 0 Å². The summed E-state index contributed by atoms with van der Waals surface area (Å²) in [5.41, 5.74) is 4.73. The summed E-state index contributed by atoms with van der Waals surface area (Å²) in [6.45, 7) is 2.54. The monoisotopic (exact) mass is 496 g/mol. The van der Waals surface area contributed by atoms with Crippen LogP contribution in [0, 0.1) is 6.92 Å². The maximum absolute atomic E-state index is 13.6. The van der Waals surface area contributed by atoms with Gasteiger partial charge in [0, 0.05) is 18.3 Å². The summed E-state index contributed by atoms with van der Waals surface area (Å²) in [4.78, 5) is 27.1. The lowest BCUT2D eigenvalue weighted by Crippen LogP contribution is -2.51. The summed E-state index contributed by atoms with van der Waals surface area (Å²) >= 11 is 0. The number of hydrogen-bond donors (Lipinski definition) is 0. The van der Waals surface area contributed by atoms with E-state index in [4.69, 9.17) is 14.8 Å². The second kappa shape index (κ2) is 8.71. The molecule has 2 aliphatic carbocycles. The van der Waals surface area contributed by atoms with E-state index in [1.165, 1.54) is 0 Å². The average molecular weight is 497 g/mol. The molecule has 0 bridgehead atoms. The number of guanidine groups is 1. The third-order valence-corrected chi connectivity index (χ3v) is 8.26. The number of anilines is 1. The molecule has 7 rings (SSSR count). The third kappa shape index (κ3) is 3.72. The zero-order valence-electron chi connectivity index (χ0n) is 21.4. The van der Waals surface area contributed by atoms with Gasteiger partial charge >= 0.3 is 0 Å². The van der Waals surface area contributed by atoms with Crippen molar-refractivity contribution in [1.29, 1.82) is 0 Å². The number of aryl methyl sites for hydroxylation is 1. The topological polar surface area (TPSA) is 75.9 Å². The fraction of sp³-hybridized carbons (Fsp3) is 0.448. The number of aliphatic imine (C=N–C) groups is 1. The van der Waals surface area contributed by atoms with Gasteiger partial charge in [-0.25, -0.2) is 9.67 Å². The standard InChI is InChI=1S/C29H32N6O2/c1-18-7-5-10-22(30-18)20-15-13-19(14-16-20)17-34-28(37-21-8-3-4-9-21)25-26(32-34)35-24-12-6-11-23(24)31-29(35)33(2)27(25)36/h5,7,10,13-16,21,23-24H,3-4,6,8-9,11-12,17H2,1-2H3/t23-,24+/m1/s1. The van der Waals surface area contributed by atoms with E-state index in [1.54, 1.807) is 4.90 Å². The summed E-state index contributed by atoms with van der Waals surface area (Å²) in [6.07, 6.45) is 7.78. The van der Waals surface area contributed by atoms with Crippen LogP contribution in [0.3, 0.4) is 0 Å². The van der Waals surface area contributed by atoms with Crippen LogP contribution >= 0.6 is 0 Å². The first-order chi connectivity index (χ1) is 18.1. The number of rotatable bonds is 5. The highest BCUT2D eigenvalue weighted by Crippen LogP contribution is 2.43. The van der Waals surface area contributed by atoms with Crippen molar-refractivity contribution in [2.75, 3.05) is 11.9 Å². The number of hydrogen-bond acceptors (Lipinski definition) is 6. The van der Waals surface area contributed by atoms with Gasteiger partial charge in [-0.1, -0.05) is 30.3 Å². The number of ether oxygens (including phenoxy) is 1. The van der Waals surface area contributed by atoms with Gasteiger partial charge in [-0.3, -0.25) is 19.6 Å². The lowest BCUT2D eigenvalue weighted by molar-refractivity contribution is 0.0856. The van der Waals surface area contributed by atoms with Gasteiger partial charge in [-0.05, 0) is 69.6 Å². The molecule has 1 amide bonds. The van der Waals surface area contributed by atoms with Crippen molar-refractivity contribution in [3.8, 4) is 17.1 Å². The first-order valence-corrected chi connectivity index (χ1v) is 13.5. The van der Waals surface area contributed by atoms with Crippen LogP contribution in [0.5, 0.6) is 5.88 Å². The molecule has 2 aliphatic heterocycles. The van der Waals surface area contributed by atoms with Crippen LogP contribution in [-0.2, 0) is 6.54 Å². The van der Waals surface area contributed by atoms with Gasteiger partial charge < -0.3 is 4.74 Å². The molecule has 2 atom stereocenters. The van der Waals surface area contributed by atoms with E-state index in [-0.39, 0.29) is 24.1 Å². The maximum Gasteiger partial charge on any atom is 0.269 e. The minimum absolute atomic E-state index is 0.0786. The van der Waals surface area contributed by atoms with Gasteiger partial charge in [0.1, 0.15) is 11.7 Å². The molecule has 2 fully saturated rings. The van der Waals surface area contributed by atoms with E-state index in [2.05, 4.69) is 34.1 Å². The minimum Gasteiger partial charge on any atom is -0.474 e. The third-order valence-electron chi connectivity index (χ3n) is 8.26. The normalized spacial score (nSPS) is 22.8. The number of carbonyl (C=O) groups excluding carboxylic acids is 1. The first-order valence-electron chi connectivity index (χ1n) is 13.5. The van der Waals surface area contributed by atoms with E-state index in [0.717, 1.165) is 73.4 Å². The Balaban J connectivity index is 1.26. The lowest BCUT2D eigenvalue weighted by Gasteiger charge is -2.33. The Kier molecular flexibility index (Phi) is 5.30. The van der Waals surface area contributed by atoms with Gasteiger partial charge in [-0.15, -0.1) is 0 Å². The van der Waals surface area contributed by atoms with Crippen LogP contribution in [0.25, 0.3) is 11.3 Å². The second-order valence-electron chi connectivity index (χ2n) is 10.8. The van der Waals surface area contributed by atoms with Crippen LogP contribution in [0.1, 0.15) is 66.6 Å². The van der Waals surface area contributed by atoms with Crippen molar-refractivity contribution in [2.45, 2.75) is 76.6 Å². The molecular formula is C29H32N6O2. The van der Waals surface area contributed by atoms with Crippen molar-refractivity contribution in [3.63, 3.8) is 0 Å². The fourth-order valence-electron chi connectivity index (χ4n) is 6.33.